The van der Waals surface area contributed by atoms with Crippen LogP contribution >= 0.6 is 0 Å². The first-order valence-electron chi connectivity index (χ1n) is 5.39. The van der Waals surface area contributed by atoms with Gasteiger partial charge in [0.05, 0.1) is 5.54 Å². The number of anilines is 1. The topological polar surface area (TPSA) is 55.1 Å². The molecule has 1 aliphatic rings. The molecule has 0 atom stereocenters. The molecule has 1 fully saturated rings. The highest BCUT2D eigenvalue weighted by Gasteiger charge is 2.41. The van der Waals surface area contributed by atoms with Crippen molar-refractivity contribution in [3.05, 3.63) is 29.1 Å². The van der Waals surface area contributed by atoms with Gasteiger partial charge in [-0.1, -0.05) is 0 Å². The van der Waals surface area contributed by atoms with E-state index >= 15 is 0 Å². The fourth-order valence-corrected chi connectivity index (χ4v) is 1.74. The van der Waals surface area contributed by atoms with Crippen LogP contribution in [0.1, 0.15) is 19.3 Å². The van der Waals surface area contributed by atoms with E-state index in [2.05, 4.69) is 0 Å². The number of hydrogen-bond donors (Lipinski definition) is 2. The van der Waals surface area contributed by atoms with Crippen LogP contribution in [-0.4, -0.2) is 11.4 Å². The Morgan fingerprint density at radius 1 is 0.947 bits per heavy atom. The zero-order valence-corrected chi connectivity index (χ0v) is 9.50. The molecule has 0 unspecified atom stereocenters. The van der Waals surface area contributed by atoms with Gasteiger partial charge in [-0.25, -0.2) is 22.0 Å². The van der Waals surface area contributed by atoms with Crippen LogP contribution in [0.5, 0.6) is 0 Å². The molecular weight excluding hydrogens is 271 g/mol. The predicted molar refractivity (Wildman–Crippen MR) is 55.6 cm³/mol. The lowest BCUT2D eigenvalue weighted by Gasteiger charge is -2.36. The summed E-state index contributed by atoms with van der Waals surface area (Å²) in [6, 6.07) is 0. The summed E-state index contributed by atoms with van der Waals surface area (Å²) >= 11 is 0. The van der Waals surface area contributed by atoms with Crippen LogP contribution in [0, 0.1) is 29.1 Å². The Labute approximate surface area is 104 Å². The number of carbonyl (C=O) groups is 1. The quantitative estimate of drug-likeness (QED) is 0.496. The molecule has 0 bridgehead atoms. The maximum absolute atomic E-state index is 13.3. The van der Waals surface area contributed by atoms with Crippen LogP contribution in [0.4, 0.5) is 27.6 Å². The summed E-state index contributed by atoms with van der Waals surface area (Å²) in [5.41, 5.74) is 2.89. The second-order valence-electron chi connectivity index (χ2n) is 4.41. The molecule has 2 rings (SSSR count). The van der Waals surface area contributed by atoms with Gasteiger partial charge in [0.1, 0.15) is 5.69 Å². The number of rotatable bonds is 2. The zero-order valence-electron chi connectivity index (χ0n) is 9.50. The lowest BCUT2D eigenvalue weighted by molar-refractivity contribution is -0.123. The molecule has 1 aromatic rings. The summed E-state index contributed by atoms with van der Waals surface area (Å²) in [6.45, 7) is 0. The number of benzene rings is 1. The number of halogens is 5. The third-order valence-corrected chi connectivity index (χ3v) is 3.15. The highest BCUT2D eigenvalue weighted by atomic mass is 19.2. The molecule has 0 radical (unpaired) electrons. The molecule has 0 heterocycles. The van der Waals surface area contributed by atoms with Gasteiger partial charge in [-0.2, -0.15) is 0 Å². The van der Waals surface area contributed by atoms with E-state index in [9.17, 15) is 26.7 Å². The van der Waals surface area contributed by atoms with Crippen molar-refractivity contribution < 1.29 is 26.7 Å². The van der Waals surface area contributed by atoms with Gasteiger partial charge in [-0.05, 0) is 19.3 Å². The average molecular weight is 280 g/mol. The van der Waals surface area contributed by atoms with Crippen LogP contribution < -0.4 is 11.1 Å². The standard InChI is InChI=1S/C11H9F5N2O/c12-4-5(13)7(15)9(8(16)6(4)14)18-10(19)11(17)2-1-3-11/h1-3,17H2,(H,18,19). The molecule has 1 aromatic carbocycles. The maximum Gasteiger partial charge on any atom is 0.244 e. The Morgan fingerprint density at radius 2 is 1.37 bits per heavy atom. The highest BCUT2D eigenvalue weighted by Crippen LogP contribution is 2.32. The van der Waals surface area contributed by atoms with Crippen molar-refractivity contribution in [3.8, 4) is 0 Å². The van der Waals surface area contributed by atoms with Gasteiger partial charge in [-0.3, -0.25) is 4.79 Å². The molecule has 8 heteroatoms. The first-order chi connectivity index (χ1) is 8.78. The average Bonchev–Trinajstić information content (AvgIpc) is 2.36. The molecule has 104 valence electrons. The van der Waals surface area contributed by atoms with Gasteiger partial charge in [0.15, 0.2) is 23.3 Å². The van der Waals surface area contributed by atoms with E-state index in [1.165, 1.54) is 0 Å². The molecule has 3 nitrogen and oxygen atoms in total. The number of hydrogen-bond acceptors (Lipinski definition) is 2. The van der Waals surface area contributed by atoms with Crippen LogP contribution in [-0.2, 0) is 4.79 Å². The molecule has 1 aliphatic carbocycles. The van der Waals surface area contributed by atoms with Crippen LogP contribution in [0.2, 0.25) is 0 Å². The molecule has 0 aliphatic heterocycles. The minimum Gasteiger partial charge on any atom is -0.319 e. The minimum absolute atomic E-state index is 0.286. The molecule has 0 aromatic heterocycles. The number of amides is 1. The van der Waals surface area contributed by atoms with Crippen molar-refractivity contribution >= 4 is 11.6 Å². The second kappa shape index (κ2) is 4.44. The smallest absolute Gasteiger partial charge is 0.244 e. The lowest BCUT2D eigenvalue weighted by Crippen LogP contribution is -2.56. The van der Waals surface area contributed by atoms with E-state index < -0.39 is 46.2 Å². The van der Waals surface area contributed by atoms with Gasteiger partial charge < -0.3 is 11.1 Å². The fourth-order valence-electron chi connectivity index (χ4n) is 1.74. The Morgan fingerprint density at radius 3 is 1.74 bits per heavy atom. The Kier molecular flexibility index (Phi) is 3.21. The summed E-state index contributed by atoms with van der Waals surface area (Å²) < 4.78 is 65.2. The molecule has 0 spiro atoms. The van der Waals surface area contributed by atoms with Crippen molar-refractivity contribution in [1.29, 1.82) is 0 Å². The summed E-state index contributed by atoms with van der Waals surface area (Å²) in [4.78, 5) is 11.6. The normalized spacial score (nSPS) is 16.9. The van der Waals surface area contributed by atoms with E-state index in [1.807, 2.05) is 0 Å². The lowest BCUT2D eigenvalue weighted by atomic mass is 9.77. The number of nitrogens with two attached hydrogens (primary N) is 1. The van der Waals surface area contributed by atoms with Crippen molar-refractivity contribution in [2.45, 2.75) is 24.8 Å². The molecule has 0 saturated heterocycles. The largest absolute Gasteiger partial charge is 0.319 e. The minimum atomic E-state index is -2.28. The highest BCUT2D eigenvalue weighted by molar-refractivity contribution is 5.98. The first kappa shape index (κ1) is 13.7. The van der Waals surface area contributed by atoms with Gasteiger partial charge in [0.2, 0.25) is 11.7 Å². The van der Waals surface area contributed by atoms with E-state index in [0.29, 0.717) is 6.42 Å². The zero-order chi connectivity index (χ0) is 14.4. The van der Waals surface area contributed by atoms with E-state index in [-0.39, 0.29) is 12.8 Å². The Hall–Kier alpha value is -1.70. The van der Waals surface area contributed by atoms with Crippen molar-refractivity contribution in [1.82, 2.24) is 0 Å². The van der Waals surface area contributed by atoms with E-state index in [1.54, 1.807) is 5.32 Å². The summed E-state index contributed by atoms with van der Waals surface area (Å²) in [5.74, 6) is -11.7. The van der Waals surface area contributed by atoms with Crippen LogP contribution in [0.3, 0.4) is 0 Å². The summed E-state index contributed by atoms with van der Waals surface area (Å²) in [7, 11) is 0. The van der Waals surface area contributed by atoms with Crippen molar-refractivity contribution in [2.24, 2.45) is 5.73 Å². The molecule has 1 saturated carbocycles. The summed E-state index contributed by atoms with van der Waals surface area (Å²) in [5, 5.41) is 1.67. The Bertz CT molecular complexity index is 528. The van der Waals surface area contributed by atoms with Gasteiger partial charge in [0.25, 0.3) is 0 Å². The number of nitrogens with one attached hydrogen (secondary N) is 1. The Balaban J connectivity index is 2.38. The third-order valence-electron chi connectivity index (χ3n) is 3.15. The summed E-state index contributed by atoms with van der Waals surface area (Å²) in [6.07, 6.45) is 1.23. The maximum atomic E-state index is 13.3. The van der Waals surface area contributed by atoms with Gasteiger partial charge >= 0.3 is 0 Å². The molecule has 3 N–H and O–H groups in total. The third kappa shape index (κ3) is 2.05. The van der Waals surface area contributed by atoms with Gasteiger partial charge in [0, 0.05) is 0 Å². The first-order valence-corrected chi connectivity index (χ1v) is 5.39. The van der Waals surface area contributed by atoms with E-state index in [0.717, 1.165) is 0 Å². The SMILES string of the molecule is NC1(C(=O)Nc2c(F)c(F)c(F)c(F)c2F)CCC1. The monoisotopic (exact) mass is 280 g/mol. The molecular formula is C11H9F5N2O. The van der Waals surface area contributed by atoms with Crippen LogP contribution in [0.25, 0.3) is 0 Å². The van der Waals surface area contributed by atoms with Crippen molar-refractivity contribution in [2.75, 3.05) is 5.32 Å². The van der Waals surface area contributed by atoms with E-state index in [4.69, 9.17) is 5.73 Å². The fraction of sp³-hybridized carbons (Fsp3) is 0.364. The predicted octanol–water partition coefficient (Wildman–Crippen LogP) is 2.20. The van der Waals surface area contributed by atoms with Crippen molar-refractivity contribution in [3.63, 3.8) is 0 Å². The molecule has 1 amide bonds. The molecule has 19 heavy (non-hydrogen) atoms. The van der Waals surface area contributed by atoms with Gasteiger partial charge in [-0.15, -0.1) is 0 Å². The van der Waals surface area contributed by atoms with Crippen LogP contribution in [0.15, 0.2) is 0 Å². The second-order valence-corrected chi connectivity index (χ2v) is 4.41. The number of carbonyl (C=O) groups excluding carboxylic acids is 1.